The fourth-order valence-corrected chi connectivity index (χ4v) is 3.08. The van der Waals surface area contributed by atoms with Crippen LogP contribution in [0, 0.1) is 5.92 Å². The van der Waals surface area contributed by atoms with Crippen LogP contribution in [0.4, 0.5) is 11.8 Å². The molecule has 1 fully saturated rings. The summed E-state index contributed by atoms with van der Waals surface area (Å²) in [6.45, 7) is 3.92. The molecule has 112 valence electrons. The first-order chi connectivity index (χ1) is 10.4. The first-order valence-corrected chi connectivity index (χ1v) is 8.11. The zero-order chi connectivity index (χ0) is 14.5. The normalized spacial score (nSPS) is 16.0. The quantitative estimate of drug-likeness (QED) is 0.869. The number of nitrogens with zero attached hydrogens (tertiary/aromatic N) is 2. The Labute approximate surface area is 126 Å². The Morgan fingerprint density at radius 2 is 1.86 bits per heavy atom. The molecule has 0 unspecified atom stereocenters. The fraction of sp³-hybridized carbons (Fsp3) is 0.529. The van der Waals surface area contributed by atoms with Gasteiger partial charge in [-0.1, -0.05) is 31.4 Å². The lowest BCUT2D eigenvalue weighted by atomic mass is 9.89. The van der Waals surface area contributed by atoms with Crippen LogP contribution in [0.1, 0.15) is 39.0 Å². The van der Waals surface area contributed by atoms with E-state index in [-0.39, 0.29) is 0 Å². The molecule has 1 aliphatic rings. The van der Waals surface area contributed by atoms with Gasteiger partial charge in [-0.3, -0.25) is 0 Å². The number of para-hydroxylation sites is 1. The SMILES string of the molecule is CCNc1nc(NCC2CCCCC2)c2ccccc2n1. The van der Waals surface area contributed by atoms with Crippen molar-refractivity contribution in [3.8, 4) is 0 Å². The highest BCUT2D eigenvalue weighted by Crippen LogP contribution is 2.26. The van der Waals surface area contributed by atoms with Crippen molar-refractivity contribution < 1.29 is 0 Å². The van der Waals surface area contributed by atoms with Crippen LogP contribution in [0.3, 0.4) is 0 Å². The molecule has 0 atom stereocenters. The summed E-state index contributed by atoms with van der Waals surface area (Å²) in [5.74, 6) is 2.46. The predicted molar refractivity (Wildman–Crippen MR) is 88.8 cm³/mol. The highest BCUT2D eigenvalue weighted by atomic mass is 15.1. The number of hydrogen-bond donors (Lipinski definition) is 2. The largest absolute Gasteiger partial charge is 0.369 e. The Hall–Kier alpha value is -1.84. The van der Waals surface area contributed by atoms with Crippen molar-refractivity contribution in [3.63, 3.8) is 0 Å². The highest BCUT2D eigenvalue weighted by molar-refractivity contribution is 5.89. The maximum Gasteiger partial charge on any atom is 0.225 e. The van der Waals surface area contributed by atoms with Gasteiger partial charge in [-0.05, 0) is 37.8 Å². The Kier molecular flexibility index (Phi) is 4.53. The van der Waals surface area contributed by atoms with Gasteiger partial charge in [0, 0.05) is 18.5 Å². The van der Waals surface area contributed by atoms with Crippen LogP contribution in [0.15, 0.2) is 24.3 Å². The van der Waals surface area contributed by atoms with E-state index in [0.29, 0.717) is 5.95 Å². The Bertz CT molecular complexity index is 590. The molecular formula is C17H24N4. The molecule has 21 heavy (non-hydrogen) atoms. The van der Waals surface area contributed by atoms with Gasteiger partial charge in [0.2, 0.25) is 5.95 Å². The molecule has 1 heterocycles. The van der Waals surface area contributed by atoms with Crippen molar-refractivity contribution in [1.82, 2.24) is 9.97 Å². The molecule has 4 nitrogen and oxygen atoms in total. The third-order valence-electron chi connectivity index (χ3n) is 4.22. The Balaban J connectivity index is 1.81. The van der Waals surface area contributed by atoms with Crippen molar-refractivity contribution >= 4 is 22.7 Å². The highest BCUT2D eigenvalue weighted by Gasteiger charge is 2.14. The third kappa shape index (κ3) is 3.43. The van der Waals surface area contributed by atoms with Gasteiger partial charge in [-0.2, -0.15) is 4.98 Å². The predicted octanol–water partition coefficient (Wildman–Crippen LogP) is 4.05. The molecule has 2 N–H and O–H groups in total. The number of benzene rings is 1. The molecule has 0 saturated heterocycles. The van der Waals surface area contributed by atoms with E-state index in [1.807, 2.05) is 18.2 Å². The van der Waals surface area contributed by atoms with Gasteiger partial charge >= 0.3 is 0 Å². The van der Waals surface area contributed by atoms with E-state index in [9.17, 15) is 0 Å². The van der Waals surface area contributed by atoms with Crippen molar-refractivity contribution in [2.75, 3.05) is 23.7 Å². The van der Waals surface area contributed by atoms with Crippen LogP contribution in [0.25, 0.3) is 10.9 Å². The number of fused-ring (bicyclic) bond motifs is 1. The first-order valence-electron chi connectivity index (χ1n) is 8.11. The van der Waals surface area contributed by atoms with Crippen LogP contribution in [0.5, 0.6) is 0 Å². The first kappa shape index (κ1) is 14.1. The Morgan fingerprint density at radius 1 is 1.05 bits per heavy atom. The molecule has 0 amide bonds. The molecule has 2 aromatic rings. The molecule has 0 radical (unpaired) electrons. The average molecular weight is 284 g/mol. The molecule has 1 aliphatic carbocycles. The average Bonchev–Trinajstić information content (AvgIpc) is 2.54. The van der Waals surface area contributed by atoms with Crippen molar-refractivity contribution in [2.24, 2.45) is 5.92 Å². The fourth-order valence-electron chi connectivity index (χ4n) is 3.08. The summed E-state index contributed by atoms with van der Waals surface area (Å²) in [6.07, 6.45) is 6.84. The third-order valence-corrected chi connectivity index (χ3v) is 4.22. The second-order valence-electron chi connectivity index (χ2n) is 5.83. The van der Waals surface area contributed by atoms with E-state index < -0.39 is 0 Å². The minimum Gasteiger partial charge on any atom is -0.369 e. The number of anilines is 2. The van der Waals surface area contributed by atoms with Crippen LogP contribution in [-0.4, -0.2) is 23.1 Å². The monoisotopic (exact) mass is 284 g/mol. The van der Waals surface area contributed by atoms with Crippen LogP contribution < -0.4 is 10.6 Å². The minimum absolute atomic E-state index is 0.711. The molecule has 1 aromatic carbocycles. The zero-order valence-electron chi connectivity index (χ0n) is 12.7. The minimum atomic E-state index is 0.711. The van der Waals surface area contributed by atoms with E-state index in [2.05, 4.69) is 33.6 Å². The maximum atomic E-state index is 4.64. The zero-order valence-corrected chi connectivity index (χ0v) is 12.7. The van der Waals surface area contributed by atoms with E-state index in [4.69, 9.17) is 0 Å². The number of nitrogens with one attached hydrogen (secondary N) is 2. The van der Waals surface area contributed by atoms with Crippen molar-refractivity contribution in [3.05, 3.63) is 24.3 Å². The summed E-state index contributed by atoms with van der Waals surface area (Å²) in [6, 6.07) is 8.21. The number of aromatic nitrogens is 2. The number of hydrogen-bond acceptors (Lipinski definition) is 4. The molecular weight excluding hydrogens is 260 g/mol. The lowest BCUT2D eigenvalue weighted by Crippen LogP contribution is -2.18. The maximum absolute atomic E-state index is 4.64. The van der Waals surface area contributed by atoms with Crippen LogP contribution in [-0.2, 0) is 0 Å². The summed E-state index contributed by atoms with van der Waals surface area (Å²) < 4.78 is 0. The van der Waals surface area contributed by atoms with Gasteiger partial charge in [0.15, 0.2) is 0 Å². The Morgan fingerprint density at radius 3 is 2.67 bits per heavy atom. The van der Waals surface area contributed by atoms with Gasteiger partial charge < -0.3 is 10.6 Å². The summed E-state index contributed by atoms with van der Waals surface area (Å²) in [5, 5.41) is 7.89. The van der Waals surface area contributed by atoms with E-state index >= 15 is 0 Å². The molecule has 0 spiro atoms. The van der Waals surface area contributed by atoms with E-state index in [0.717, 1.165) is 35.7 Å². The lowest BCUT2D eigenvalue weighted by Gasteiger charge is -2.22. The van der Waals surface area contributed by atoms with Gasteiger partial charge in [0.25, 0.3) is 0 Å². The smallest absolute Gasteiger partial charge is 0.225 e. The van der Waals surface area contributed by atoms with Crippen LogP contribution in [0.2, 0.25) is 0 Å². The second kappa shape index (κ2) is 6.74. The van der Waals surface area contributed by atoms with Crippen molar-refractivity contribution in [1.29, 1.82) is 0 Å². The summed E-state index contributed by atoms with van der Waals surface area (Å²) in [7, 11) is 0. The van der Waals surface area contributed by atoms with Gasteiger partial charge in [0.1, 0.15) is 5.82 Å². The van der Waals surface area contributed by atoms with Gasteiger partial charge in [0.05, 0.1) is 5.52 Å². The van der Waals surface area contributed by atoms with Crippen LogP contribution >= 0.6 is 0 Å². The standard InChI is InChI=1S/C17H24N4/c1-2-18-17-20-15-11-7-6-10-14(15)16(21-17)19-12-13-8-4-3-5-9-13/h6-7,10-11,13H,2-5,8-9,12H2,1H3,(H2,18,19,20,21). The second-order valence-corrected chi connectivity index (χ2v) is 5.83. The summed E-state index contributed by atoms with van der Waals surface area (Å²) >= 11 is 0. The molecule has 1 saturated carbocycles. The molecule has 0 aliphatic heterocycles. The topological polar surface area (TPSA) is 49.8 Å². The lowest BCUT2D eigenvalue weighted by molar-refractivity contribution is 0.373. The van der Waals surface area contributed by atoms with E-state index in [1.54, 1.807) is 0 Å². The summed E-state index contributed by atoms with van der Waals surface area (Å²) in [5.41, 5.74) is 0.995. The molecule has 3 rings (SSSR count). The summed E-state index contributed by atoms with van der Waals surface area (Å²) in [4.78, 5) is 9.20. The van der Waals surface area contributed by atoms with Gasteiger partial charge in [-0.15, -0.1) is 0 Å². The molecule has 4 heteroatoms. The van der Waals surface area contributed by atoms with Gasteiger partial charge in [-0.25, -0.2) is 4.98 Å². The molecule has 1 aromatic heterocycles. The molecule has 0 bridgehead atoms. The number of rotatable bonds is 5. The van der Waals surface area contributed by atoms with E-state index in [1.165, 1.54) is 32.1 Å². The van der Waals surface area contributed by atoms with Crippen molar-refractivity contribution in [2.45, 2.75) is 39.0 Å².